The van der Waals surface area contributed by atoms with E-state index in [4.69, 9.17) is 4.74 Å². The van der Waals surface area contributed by atoms with Crippen molar-refractivity contribution >= 4 is 17.9 Å². The van der Waals surface area contributed by atoms with Gasteiger partial charge in [0, 0.05) is 12.1 Å². The molecule has 33 heavy (non-hydrogen) atoms. The van der Waals surface area contributed by atoms with Crippen LogP contribution in [0.1, 0.15) is 64.3 Å². The fourth-order valence-corrected chi connectivity index (χ4v) is 3.32. The molecule has 0 aliphatic rings. The number of carbonyl (C=O) groups excluding carboxylic acids is 3. The first kappa shape index (κ1) is 28.2. The van der Waals surface area contributed by atoms with Gasteiger partial charge in [0.2, 0.25) is 11.8 Å². The van der Waals surface area contributed by atoms with Crippen molar-refractivity contribution in [2.24, 2.45) is 0 Å². The number of hydrogen-bond donors (Lipinski definition) is 3. The summed E-state index contributed by atoms with van der Waals surface area (Å²) in [7, 11) is 0. The van der Waals surface area contributed by atoms with Gasteiger partial charge in [-0.15, -0.1) is 6.58 Å². The standard InChI is InChI=1S/C25H39N3O5/c1-10-13-28(22(31)19(15-29)26-23(32)33-25(7,8)9)20(21(30)27-24(4,5)6)18-12-11-16(2)14-17(18)3/h10-12,14,19-20,29H,1,13,15H2,2-9H3,(H,26,32)(H,27,30). The Bertz CT molecular complexity index is 868. The van der Waals surface area contributed by atoms with Gasteiger partial charge in [-0.05, 0) is 66.5 Å². The lowest BCUT2D eigenvalue weighted by molar-refractivity contribution is -0.143. The van der Waals surface area contributed by atoms with E-state index in [0.717, 1.165) is 11.1 Å². The Morgan fingerprint density at radius 3 is 2.21 bits per heavy atom. The van der Waals surface area contributed by atoms with E-state index in [1.165, 1.54) is 11.0 Å². The summed E-state index contributed by atoms with van der Waals surface area (Å²) < 4.78 is 5.22. The van der Waals surface area contributed by atoms with Crippen LogP contribution in [0, 0.1) is 13.8 Å². The van der Waals surface area contributed by atoms with Crippen molar-refractivity contribution in [3.05, 3.63) is 47.5 Å². The Balaban J connectivity index is 3.44. The molecule has 0 radical (unpaired) electrons. The first-order valence-corrected chi connectivity index (χ1v) is 11.0. The van der Waals surface area contributed by atoms with Crippen molar-refractivity contribution < 1.29 is 24.2 Å². The number of nitrogens with zero attached hydrogens (tertiary/aromatic N) is 1. The van der Waals surface area contributed by atoms with E-state index in [-0.39, 0.29) is 12.5 Å². The zero-order valence-corrected chi connectivity index (χ0v) is 21.1. The maximum absolute atomic E-state index is 13.5. The van der Waals surface area contributed by atoms with Crippen LogP contribution in [0.5, 0.6) is 0 Å². The summed E-state index contributed by atoms with van der Waals surface area (Å²) >= 11 is 0. The van der Waals surface area contributed by atoms with Gasteiger partial charge < -0.3 is 25.4 Å². The van der Waals surface area contributed by atoms with Crippen LogP contribution in [0.2, 0.25) is 0 Å². The molecule has 3 N–H and O–H groups in total. The molecular formula is C25H39N3O5. The van der Waals surface area contributed by atoms with Crippen LogP contribution in [0.4, 0.5) is 4.79 Å². The third-order valence-corrected chi connectivity index (χ3v) is 4.56. The molecule has 8 nitrogen and oxygen atoms in total. The molecule has 0 spiro atoms. The zero-order chi connectivity index (χ0) is 25.6. The second-order valence-corrected chi connectivity index (χ2v) is 10.2. The third-order valence-electron chi connectivity index (χ3n) is 4.56. The maximum atomic E-state index is 13.5. The topological polar surface area (TPSA) is 108 Å². The van der Waals surface area contributed by atoms with Crippen LogP contribution in [-0.4, -0.2) is 58.2 Å². The van der Waals surface area contributed by atoms with Crippen molar-refractivity contribution in [1.29, 1.82) is 0 Å². The highest BCUT2D eigenvalue weighted by Crippen LogP contribution is 2.27. The van der Waals surface area contributed by atoms with Gasteiger partial charge >= 0.3 is 6.09 Å². The zero-order valence-electron chi connectivity index (χ0n) is 21.1. The summed E-state index contributed by atoms with van der Waals surface area (Å²) in [5, 5.41) is 15.2. The molecule has 2 atom stereocenters. The lowest BCUT2D eigenvalue weighted by Gasteiger charge is -2.35. The fraction of sp³-hybridized carbons (Fsp3) is 0.560. The SMILES string of the molecule is C=CCN(C(=O)C(CO)NC(=O)OC(C)(C)C)C(C(=O)NC(C)(C)C)c1ccc(C)cc1C. The largest absolute Gasteiger partial charge is 0.444 e. The first-order chi connectivity index (χ1) is 15.1. The molecule has 1 aromatic rings. The number of aliphatic hydroxyl groups is 1. The molecule has 3 amide bonds. The fourth-order valence-electron chi connectivity index (χ4n) is 3.32. The molecule has 184 valence electrons. The summed E-state index contributed by atoms with van der Waals surface area (Å²) in [6.45, 7) is 17.5. The molecular weight excluding hydrogens is 422 g/mol. The minimum Gasteiger partial charge on any atom is -0.444 e. The van der Waals surface area contributed by atoms with Gasteiger partial charge in [0.1, 0.15) is 17.7 Å². The number of carbonyl (C=O) groups is 3. The van der Waals surface area contributed by atoms with Gasteiger partial charge in [-0.1, -0.05) is 29.8 Å². The van der Waals surface area contributed by atoms with Crippen LogP contribution in [0.25, 0.3) is 0 Å². The van der Waals surface area contributed by atoms with Gasteiger partial charge in [-0.3, -0.25) is 9.59 Å². The van der Waals surface area contributed by atoms with E-state index >= 15 is 0 Å². The normalized spacial score (nSPS) is 13.5. The molecule has 0 saturated heterocycles. The molecule has 0 bridgehead atoms. The highest BCUT2D eigenvalue weighted by molar-refractivity contribution is 5.92. The van der Waals surface area contributed by atoms with Crippen molar-refractivity contribution in [2.45, 2.75) is 78.6 Å². The molecule has 2 unspecified atom stereocenters. The average molecular weight is 462 g/mol. The number of alkyl carbamates (subject to hydrolysis) is 1. The molecule has 0 saturated carbocycles. The van der Waals surface area contributed by atoms with Crippen molar-refractivity contribution in [3.63, 3.8) is 0 Å². The molecule has 1 aromatic carbocycles. The summed E-state index contributed by atoms with van der Waals surface area (Å²) in [6.07, 6.45) is 0.663. The summed E-state index contributed by atoms with van der Waals surface area (Å²) in [5.41, 5.74) is 1.19. The number of amides is 3. The number of aliphatic hydroxyl groups excluding tert-OH is 1. The monoisotopic (exact) mass is 461 g/mol. The Morgan fingerprint density at radius 1 is 1.15 bits per heavy atom. The lowest BCUT2D eigenvalue weighted by atomic mass is 9.95. The van der Waals surface area contributed by atoms with Crippen LogP contribution in [0.3, 0.4) is 0 Å². The lowest BCUT2D eigenvalue weighted by Crippen LogP contribution is -2.55. The Kier molecular flexibility index (Phi) is 9.66. The van der Waals surface area contributed by atoms with Gasteiger partial charge in [-0.25, -0.2) is 4.79 Å². The van der Waals surface area contributed by atoms with E-state index in [1.54, 1.807) is 20.8 Å². The van der Waals surface area contributed by atoms with E-state index in [0.29, 0.717) is 5.56 Å². The van der Waals surface area contributed by atoms with E-state index in [1.807, 2.05) is 52.8 Å². The predicted octanol–water partition coefficient (Wildman–Crippen LogP) is 3.16. The number of nitrogens with one attached hydrogen (secondary N) is 2. The Labute approximate surface area is 197 Å². The third kappa shape index (κ3) is 8.88. The minimum absolute atomic E-state index is 0.0286. The first-order valence-electron chi connectivity index (χ1n) is 11.0. The van der Waals surface area contributed by atoms with Crippen LogP contribution in [-0.2, 0) is 14.3 Å². The summed E-state index contributed by atoms with van der Waals surface area (Å²) in [5.74, 6) is -1.00. The number of rotatable bonds is 8. The molecule has 0 aliphatic carbocycles. The van der Waals surface area contributed by atoms with Gasteiger partial charge in [-0.2, -0.15) is 0 Å². The number of aryl methyl sites for hydroxylation is 2. The summed E-state index contributed by atoms with van der Waals surface area (Å²) in [4.78, 5) is 40.5. The van der Waals surface area contributed by atoms with Crippen molar-refractivity contribution in [3.8, 4) is 0 Å². The molecule has 1 rings (SSSR count). The second-order valence-electron chi connectivity index (χ2n) is 10.2. The maximum Gasteiger partial charge on any atom is 0.408 e. The molecule has 0 fully saturated rings. The van der Waals surface area contributed by atoms with Gasteiger partial charge in [0.05, 0.1) is 6.61 Å². The van der Waals surface area contributed by atoms with Crippen molar-refractivity contribution in [1.82, 2.24) is 15.5 Å². The van der Waals surface area contributed by atoms with E-state index < -0.39 is 41.8 Å². The summed E-state index contributed by atoms with van der Waals surface area (Å²) in [6, 6.07) is 3.33. The minimum atomic E-state index is -1.30. The quantitative estimate of drug-likeness (QED) is 0.516. The van der Waals surface area contributed by atoms with Gasteiger partial charge in [0.25, 0.3) is 0 Å². The van der Waals surface area contributed by atoms with Crippen LogP contribution >= 0.6 is 0 Å². The van der Waals surface area contributed by atoms with Crippen LogP contribution in [0.15, 0.2) is 30.9 Å². The Morgan fingerprint density at radius 2 is 1.76 bits per heavy atom. The van der Waals surface area contributed by atoms with E-state index in [2.05, 4.69) is 17.2 Å². The average Bonchev–Trinajstić information content (AvgIpc) is 2.63. The highest BCUT2D eigenvalue weighted by Gasteiger charge is 2.37. The molecule has 0 aliphatic heterocycles. The van der Waals surface area contributed by atoms with E-state index in [9.17, 15) is 19.5 Å². The highest BCUT2D eigenvalue weighted by atomic mass is 16.6. The smallest absolute Gasteiger partial charge is 0.408 e. The number of ether oxygens (including phenoxy) is 1. The molecule has 0 heterocycles. The molecule has 0 aromatic heterocycles. The van der Waals surface area contributed by atoms with Gasteiger partial charge in [0.15, 0.2) is 0 Å². The predicted molar refractivity (Wildman–Crippen MR) is 129 cm³/mol. The van der Waals surface area contributed by atoms with Crippen LogP contribution < -0.4 is 10.6 Å². The second kappa shape index (κ2) is 11.3. The number of hydrogen-bond acceptors (Lipinski definition) is 5. The Hall–Kier alpha value is -2.87. The number of benzene rings is 1. The van der Waals surface area contributed by atoms with Crippen molar-refractivity contribution in [2.75, 3.05) is 13.2 Å². The molecule has 8 heteroatoms.